The predicted molar refractivity (Wildman–Crippen MR) is 73.5 cm³/mol. The van der Waals surface area contributed by atoms with Crippen molar-refractivity contribution in [3.05, 3.63) is 0 Å². The van der Waals surface area contributed by atoms with Crippen LogP contribution in [0.2, 0.25) is 0 Å². The molecule has 19 heavy (non-hydrogen) atoms. The van der Waals surface area contributed by atoms with Gasteiger partial charge in [-0.3, -0.25) is 9.00 Å². The highest BCUT2D eigenvalue weighted by atomic mass is 32.2. The molecule has 0 bridgehead atoms. The Kier molecular flexibility index (Phi) is 6.27. The second-order valence-electron chi connectivity index (χ2n) is 4.95. The van der Waals surface area contributed by atoms with Crippen LogP contribution in [-0.2, 0) is 15.6 Å². The summed E-state index contributed by atoms with van der Waals surface area (Å²) in [6.45, 7) is 3.22. The van der Waals surface area contributed by atoms with Gasteiger partial charge in [-0.05, 0) is 19.3 Å². The van der Waals surface area contributed by atoms with Gasteiger partial charge in [0.25, 0.3) is 0 Å². The second-order valence-corrected chi connectivity index (χ2v) is 6.76. The van der Waals surface area contributed by atoms with Gasteiger partial charge in [0, 0.05) is 41.9 Å². The van der Waals surface area contributed by atoms with Crippen molar-refractivity contribution in [3.8, 4) is 0 Å². The first-order valence-electron chi connectivity index (χ1n) is 6.49. The average Bonchev–Trinajstić information content (AvgIpc) is 2.38. The molecule has 2 amide bonds. The third-order valence-electron chi connectivity index (χ3n) is 3.45. The molecule has 6 nitrogen and oxygen atoms in total. The van der Waals surface area contributed by atoms with Crippen LogP contribution in [0.3, 0.4) is 0 Å². The third-order valence-corrected chi connectivity index (χ3v) is 4.82. The molecule has 1 fully saturated rings. The number of aliphatic carboxylic acids is 1. The largest absolute Gasteiger partial charge is 0.481 e. The molecule has 0 radical (unpaired) electrons. The molecule has 0 aromatic heterocycles. The van der Waals surface area contributed by atoms with E-state index in [1.807, 2.05) is 6.92 Å². The number of piperidine rings is 1. The molecule has 2 unspecified atom stereocenters. The van der Waals surface area contributed by atoms with Crippen LogP contribution in [0.25, 0.3) is 0 Å². The number of amides is 2. The van der Waals surface area contributed by atoms with Crippen LogP contribution in [0.5, 0.6) is 0 Å². The Morgan fingerprint density at radius 2 is 2.21 bits per heavy atom. The Bertz CT molecular complexity index is 362. The molecule has 3 atom stereocenters. The minimum Gasteiger partial charge on any atom is -0.481 e. The average molecular weight is 290 g/mol. The monoisotopic (exact) mass is 290 g/mol. The molecule has 1 aliphatic heterocycles. The molecule has 0 aromatic carbocycles. The number of nitrogens with one attached hydrogen (secondary N) is 1. The first-order valence-corrected chi connectivity index (χ1v) is 8.11. The molecule has 1 aliphatic rings. The molecule has 1 saturated heterocycles. The van der Waals surface area contributed by atoms with E-state index >= 15 is 0 Å². The second kappa shape index (κ2) is 7.47. The van der Waals surface area contributed by atoms with Crippen molar-refractivity contribution >= 4 is 22.8 Å². The van der Waals surface area contributed by atoms with Crippen LogP contribution in [0.15, 0.2) is 0 Å². The van der Waals surface area contributed by atoms with Crippen molar-refractivity contribution in [1.29, 1.82) is 0 Å². The van der Waals surface area contributed by atoms with Crippen molar-refractivity contribution in [1.82, 2.24) is 10.2 Å². The van der Waals surface area contributed by atoms with Gasteiger partial charge in [0.05, 0.1) is 5.92 Å². The van der Waals surface area contributed by atoms with Gasteiger partial charge in [-0.25, -0.2) is 4.79 Å². The number of hydrogen-bond donors (Lipinski definition) is 2. The predicted octanol–water partition coefficient (Wildman–Crippen LogP) is 0.650. The number of hydrogen-bond acceptors (Lipinski definition) is 3. The van der Waals surface area contributed by atoms with E-state index in [0.29, 0.717) is 25.9 Å². The van der Waals surface area contributed by atoms with Crippen molar-refractivity contribution < 1.29 is 18.9 Å². The maximum atomic E-state index is 11.9. The maximum absolute atomic E-state index is 11.9. The molecule has 0 spiro atoms. The fourth-order valence-electron chi connectivity index (χ4n) is 2.02. The smallest absolute Gasteiger partial charge is 0.317 e. The third kappa shape index (κ3) is 5.18. The molecule has 110 valence electrons. The zero-order valence-electron chi connectivity index (χ0n) is 11.4. The molecule has 0 aliphatic carbocycles. The molecule has 0 aromatic rings. The fraction of sp³-hybridized carbons (Fsp3) is 0.833. The van der Waals surface area contributed by atoms with Crippen molar-refractivity contribution in [2.24, 2.45) is 5.92 Å². The number of urea groups is 1. The Morgan fingerprint density at radius 1 is 1.53 bits per heavy atom. The number of carboxylic acid groups (broad SMARTS) is 1. The number of carbonyl (C=O) groups is 2. The summed E-state index contributed by atoms with van der Waals surface area (Å²) in [4.78, 5) is 24.3. The standard InChI is InChI=1S/C12H22N2O4S/c1-9(19(2)18)5-6-13-12(17)14-7-3-4-10(8-14)11(15)16/h9-10H,3-8H2,1-2H3,(H,13,17)(H,15,16)/t9?,10-,19?/m1/s1. The highest BCUT2D eigenvalue weighted by molar-refractivity contribution is 7.84. The van der Waals surface area contributed by atoms with E-state index in [0.717, 1.165) is 6.42 Å². The summed E-state index contributed by atoms with van der Waals surface area (Å²) in [5.74, 6) is -1.30. The fourth-order valence-corrected chi connectivity index (χ4v) is 2.47. The van der Waals surface area contributed by atoms with Crippen LogP contribution >= 0.6 is 0 Å². The number of rotatable bonds is 5. The zero-order valence-corrected chi connectivity index (χ0v) is 12.2. The van der Waals surface area contributed by atoms with E-state index in [4.69, 9.17) is 5.11 Å². The minimum atomic E-state index is -0.884. The van der Waals surface area contributed by atoms with Gasteiger partial charge < -0.3 is 15.3 Å². The summed E-state index contributed by atoms with van der Waals surface area (Å²) >= 11 is 0. The summed E-state index contributed by atoms with van der Waals surface area (Å²) in [5, 5.41) is 11.8. The molecule has 2 N–H and O–H groups in total. The summed E-state index contributed by atoms with van der Waals surface area (Å²) in [6.07, 6.45) is 3.66. The van der Waals surface area contributed by atoms with Crippen molar-refractivity contribution in [2.45, 2.75) is 31.4 Å². The first kappa shape index (κ1) is 15.9. The quantitative estimate of drug-likeness (QED) is 0.778. The van der Waals surface area contributed by atoms with Gasteiger partial charge in [0.15, 0.2) is 0 Å². The van der Waals surface area contributed by atoms with Gasteiger partial charge >= 0.3 is 12.0 Å². The Labute approximate surface area is 116 Å². The van der Waals surface area contributed by atoms with E-state index < -0.39 is 22.7 Å². The Hall–Kier alpha value is -1.11. The van der Waals surface area contributed by atoms with E-state index in [1.54, 1.807) is 11.2 Å². The lowest BCUT2D eigenvalue weighted by Gasteiger charge is -2.30. The normalized spacial score (nSPS) is 22.6. The number of likely N-dealkylation sites (tertiary alicyclic amines) is 1. The van der Waals surface area contributed by atoms with E-state index in [9.17, 15) is 13.8 Å². The highest BCUT2D eigenvalue weighted by Crippen LogP contribution is 2.16. The number of carbonyl (C=O) groups excluding carboxylic acids is 1. The van der Waals surface area contributed by atoms with Crippen LogP contribution in [0, 0.1) is 5.92 Å². The van der Waals surface area contributed by atoms with Crippen molar-refractivity contribution in [3.63, 3.8) is 0 Å². The lowest BCUT2D eigenvalue weighted by Crippen LogP contribution is -2.47. The van der Waals surface area contributed by atoms with Crippen LogP contribution in [-0.4, -0.2) is 57.4 Å². The van der Waals surface area contributed by atoms with Gasteiger partial charge in [-0.2, -0.15) is 0 Å². The molecular weight excluding hydrogens is 268 g/mol. The molecular formula is C12H22N2O4S. The van der Waals surface area contributed by atoms with Crippen LogP contribution in [0.1, 0.15) is 26.2 Å². The van der Waals surface area contributed by atoms with Crippen LogP contribution in [0.4, 0.5) is 4.79 Å². The molecule has 0 saturated carbocycles. The SMILES string of the molecule is CC(CCNC(=O)N1CCC[C@@H](C(=O)O)C1)S(C)=O. The number of carboxylic acids is 1. The van der Waals surface area contributed by atoms with Gasteiger partial charge in [-0.1, -0.05) is 6.92 Å². The van der Waals surface area contributed by atoms with Gasteiger partial charge in [-0.15, -0.1) is 0 Å². The summed E-state index contributed by atoms with van der Waals surface area (Å²) in [7, 11) is -0.884. The lowest BCUT2D eigenvalue weighted by molar-refractivity contribution is -0.143. The minimum absolute atomic E-state index is 0.0495. The van der Waals surface area contributed by atoms with Gasteiger partial charge in [0.1, 0.15) is 0 Å². The topological polar surface area (TPSA) is 86.7 Å². The van der Waals surface area contributed by atoms with E-state index in [-0.39, 0.29) is 17.8 Å². The van der Waals surface area contributed by atoms with Crippen molar-refractivity contribution in [2.75, 3.05) is 25.9 Å². The Balaban J connectivity index is 2.33. The summed E-state index contributed by atoms with van der Waals surface area (Å²) < 4.78 is 11.2. The molecule has 7 heteroatoms. The van der Waals surface area contributed by atoms with E-state index in [2.05, 4.69) is 5.32 Å². The van der Waals surface area contributed by atoms with E-state index in [1.165, 1.54) is 0 Å². The maximum Gasteiger partial charge on any atom is 0.317 e. The van der Waals surface area contributed by atoms with Crippen LogP contribution < -0.4 is 5.32 Å². The Morgan fingerprint density at radius 3 is 2.79 bits per heavy atom. The number of nitrogens with zero attached hydrogens (tertiary/aromatic N) is 1. The zero-order chi connectivity index (χ0) is 14.4. The first-order chi connectivity index (χ1) is 8.91. The summed E-state index contributed by atoms with van der Waals surface area (Å²) in [6, 6.07) is -0.222. The molecule has 1 heterocycles. The summed E-state index contributed by atoms with van der Waals surface area (Å²) in [5.41, 5.74) is 0. The van der Waals surface area contributed by atoms with Gasteiger partial charge in [0.2, 0.25) is 0 Å². The highest BCUT2D eigenvalue weighted by Gasteiger charge is 2.27. The molecule has 1 rings (SSSR count). The lowest BCUT2D eigenvalue weighted by atomic mass is 9.99.